The van der Waals surface area contributed by atoms with Crippen LogP contribution in [0.15, 0.2) is 18.5 Å². The zero-order valence-corrected chi connectivity index (χ0v) is 13.4. The molecule has 2 aromatic rings. The molecule has 3 rings (SSSR count). The molecule has 1 atom stereocenters. The molecule has 0 aliphatic carbocycles. The molecule has 118 valence electrons. The number of rotatable bonds is 4. The van der Waals surface area contributed by atoms with Crippen molar-refractivity contribution in [1.29, 1.82) is 0 Å². The average molecular weight is 321 g/mol. The summed E-state index contributed by atoms with van der Waals surface area (Å²) in [6.07, 6.45) is 4.21. The summed E-state index contributed by atoms with van der Waals surface area (Å²) in [7, 11) is 1.79. The molecule has 0 saturated carbocycles. The maximum absolute atomic E-state index is 12.3. The summed E-state index contributed by atoms with van der Waals surface area (Å²) in [5, 5.41) is 17.3. The van der Waals surface area contributed by atoms with Gasteiger partial charge in [0, 0.05) is 30.1 Å². The standard InChI is InChI=1S/C15H19N3O3S/c1-15(20,11-6-17-18(2)7-11)9-16-14(19)13-5-10-8-21-4-3-12(10)22-13/h5-7,20H,3-4,8-9H2,1-2H3,(H,16,19). The molecule has 1 unspecified atom stereocenters. The second-order valence-corrected chi connectivity index (χ2v) is 6.86. The Morgan fingerprint density at radius 2 is 2.45 bits per heavy atom. The quantitative estimate of drug-likeness (QED) is 0.887. The number of aryl methyl sites for hydroxylation is 1. The molecule has 0 spiro atoms. The monoisotopic (exact) mass is 321 g/mol. The number of aliphatic hydroxyl groups is 1. The van der Waals surface area contributed by atoms with Crippen molar-refractivity contribution in [2.24, 2.45) is 7.05 Å². The number of fused-ring (bicyclic) bond motifs is 1. The number of nitrogens with one attached hydrogen (secondary N) is 1. The lowest BCUT2D eigenvalue weighted by atomic mass is 10.00. The predicted molar refractivity (Wildman–Crippen MR) is 82.8 cm³/mol. The number of ether oxygens (including phenoxy) is 1. The van der Waals surface area contributed by atoms with Gasteiger partial charge < -0.3 is 15.2 Å². The molecule has 0 fully saturated rings. The molecule has 3 heterocycles. The van der Waals surface area contributed by atoms with Gasteiger partial charge in [-0.3, -0.25) is 9.48 Å². The molecule has 1 amide bonds. The van der Waals surface area contributed by atoms with Gasteiger partial charge in [0.25, 0.3) is 5.91 Å². The van der Waals surface area contributed by atoms with Crippen molar-refractivity contribution in [3.05, 3.63) is 39.3 Å². The van der Waals surface area contributed by atoms with Crippen molar-refractivity contribution in [2.75, 3.05) is 13.2 Å². The Kier molecular flexibility index (Phi) is 4.03. The topological polar surface area (TPSA) is 76.4 Å². The van der Waals surface area contributed by atoms with Crippen molar-refractivity contribution in [3.63, 3.8) is 0 Å². The molecule has 2 aromatic heterocycles. The lowest BCUT2D eigenvalue weighted by Gasteiger charge is -2.22. The van der Waals surface area contributed by atoms with E-state index in [2.05, 4.69) is 10.4 Å². The van der Waals surface area contributed by atoms with Crippen LogP contribution in [0.25, 0.3) is 0 Å². The highest BCUT2D eigenvalue weighted by Gasteiger charge is 2.26. The molecule has 7 heteroatoms. The normalized spacial score (nSPS) is 16.9. The number of aromatic nitrogens is 2. The van der Waals surface area contributed by atoms with Gasteiger partial charge in [-0.05, 0) is 18.6 Å². The van der Waals surface area contributed by atoms with Gasteiger partial charge in [-0.1, -0.05) is 0 Å². The van der Waals surface area contributed by atoms with E-state index in [1.54, 1.807) is 31.0 Å². The van der Waals surface area contributed by atoms with Gasteiger partial charge in [-0.15, -0.1) is 11.3 Å². The van der Waals surface area contributed by atoms with Crippen LogP contribution in [0.4, 0.5) is 0 Å². The summed E-state index contributed by atoms with van der Waals surface area (Å²) < 4.78 is 7.01. The SMILES string of the molecule is Cn1cc(C(C)(O)CNC(=O)c2cc3c(s2)CCOC3)cn1. The first-order chi connectivity index (χ1) is 10.5. The van der Waals surface area contributed by atoms with Gasteiger partial charge in [-0.2, -0.15) is 5.10 Å². The minimum absolute atomic E-state index is 0.136. The predicted octanol–water partition coefficient (Wildman–Crippen LogP) is 1.19. The van der Waals surface area contributed by atoms with Crippen LogP contribution in [-0.4, -0.2) is 33.9 Å². The Bertz CT molecular complexity index is 667. The van der Waals surface area contributed by atoms with Crippen LogP contribution in [0.3, 0.4) is 0 Å². The van der Waals surface area contributed by atoms with Crippen molar-refractivity contribution in [3.8, 4) is 0 Å². The molecule has 6 nitrogen and oxygen atoms in total. The van der Waals surface area contributed by atoms with Crippen LogP contribution < -0.4 is 5.32 Å². The van der Waals surface area contributed by atoms with Crippen molar-refractivity contribution < 1.29 is 14.6 Å². The van der Waals surface area contributed by atoms with E-state index in [4.69, 9.17) is 4.74 Å². The van der Waals surface area contributed by atoms with E-state index in [1.807, 2.05) is 6.07 Å². The Labute approximate surface area is 132 Å². The number of nitrogens with zero attached hydrogens (tertiary/aromatic N) is 2. The van der Waals surface area contributed by atoms with Gasteiger partial charge in [-0.25, -0.2) is 0 Å². The molecular formula is C15H19N3O3S. The number of hydrogen-bond donors (Lipinski definition) is 2. The van der Waals surface area contributed by atoms with E-state index in [0.717, 1.165) is 12.0 Å². The van der Waals surface area contributed by atoms with E-state index in [1.165, 1.54) is 16.2 Å². The molecular weight excluding hydrogens is 302 g/mol. The number of carbonyl (C=O) groups is 1. The summed E-state index contributed by atoms with van der Waals surface area (Å²) in [6, 6.07) is 1.88. The molecule has 0 bridgehead atoms. The molecule has 2 N–H and O–H groups in total. The third-order valence-corrected chi connectivity index (χ3v) is 5.01. The molecule has 1 aliphatic heterocycles. The van der Waals surface area contributed by atoms with E-state index in [-0.39, 0.29) is 12.5 Å². The fourth-order valence-corrected chi connectivity index (χ4v) is 3.47. The lowest BCUT2D eigenvalue weighted by molar-refractivity contribution is 0.0527. The zero-order valence-electron chi connectivity index (χ0n) is 12.6. The first-order valence-electron chi connectivity index (χ1n) is 7.15. The summed E-state index contributed by atoms with van der Waals surface area (Å²) >= 11 is 1.50. The van der Waals surface area contributed by atoms with Crippen LogP contribution in [0.5, 0.6) is 0 Å². The summed E-state index contributed by atoms with van der Waals surface area (Å²) in [6.45, 7) is 3.09. The molecule has 22 heavy (non-hydrogen) atoms. The van der Waals surface area contributed by atoms with Gasteiger partial charge in [0.05, 0.1) is 30.8 Å². The Hall–Kier alpha value is -1.70. The van der Waals surface area contributed by atoms with Crippen LogP contribution in [0.2, 0.25) is 0 Å². The highest BCUT2D eigenvalue weighted by atomic mass is 32.1. The van der Waals surface area contributed by atoms with Gasteiger partial charge >= 0.3 is 0 Å². The highest BCUT2D eigenvalue weighted by molar-refractivity contribution is 7.14. The molecule has 1 aliphatic rings. The van der Waals surface area contributed by atoms with E-state index in [9.17, 15) is 9.90 Å². The van der Waals surface area contributed by atoms with E-state index >= 15 is 0 Å². The summed E-state index contributed by atoms with van der Waals surface area (Å²) in [5.74, 6) is -0.163. The fraction of sp³-hybridized carbons (Fsp3) is 0.467. The van der Waals surface area contributed by atoms with Crippen LogP contribution in [-0.2, 0) is 30.4 Å². The van der Waals surface area contributed by atoms with Gasteiger partial charge in [0.2, 0.25) is 0 Å². The van der Waals surface area contributed by atoms with Crippen molar-refractivity contribution >= 4 is 17.2 Å². The Balaban J connectivity index is 1.65. The van der Waals surface area contributed by atoms with E-state index < -0.39 is 5.60 Å². The zero-order chi connectivity index (χ0) is 15.7. The number of thiophene rings is 1. The van der Waals surface area contributed by atoms with Crippen LogP contribution >= 0.6 is 11.3 Å². The number of amides is 1. The minimum atomic E-state index is -1.15. The third kappa shape index (κ3) is 3.06. The third-order valence-electron chi connectivity index (χ3n) is 3.77. The summed E-state index contributed by atoms with van der Waals surface area (Å²) in [5.41, 5.74) is 0.624. The Morgan fingerprint density at radius 1 is 1.64 bits per heavy atom. The maximum Gasteiger partial charge on any atom is 0.261 e. The maximum atomic E-state index is 12.3. The number of hydrogen-bond acceptors (Lipinski definition) is 5. The molecule has 0 saturated heterocycles. The van der Waals surface area contributed by atoms with Gasteiger partial charge in [0.1, 0.15) is 5.60 Å². The van der Waals surface area contributed by atoms with Crippen LogP contribution in [0.1, 0.15) is 32.6 Å². The highest BCUT2D eigenvalue weighted by Crippen LogP contribution is 2.27. The van der Waals surface area contributed by atoms with Crippen molar-refractivity contribution in [1.82, 2.24) is 15.1 Å². The molecule has 0 aromatic carbocycles. The first kappa shape index (κ1) is 15.2. The van der Waals surface area contributed by atoms with E-state index in [0.29, 0.717) is 23.7 Å². The average Bonchev–Trinajstić information content (AvgIpc) is 3.11. The molecule has 0 radical (unpaired) electrons. The van der Waals surface area contributed by atoms with Crippen LogP contribution in [0, 0.1) is 0 Å². The lowest BCUT2D eigenvalue weighted by Crippen LogP contribution is -2.38. The van der Waals surface area contributed by atoms with Crippen molar-refractivity contribution in [2.45, 2.75) is 25.6 Å². The first-order valence-corrected chi connectivity index (χ1v) is 7.96. The number of carbonyl (C=O) groups excluding carboxylic acids is 1. The minimum Gasteiger partial charge on any atom is -0.383 e. The second-order valence-electron chi connectivity index (χ2n) is 5.72. The second kappa shape index (κ2) is 5.83. The fourth-order valence-electron chi connectivity index (χ4n) is 2.40. The van der Waals surface area contributed by atoms with Gasteiger partial charge in [0.15, 0.2) is 0 Å². The Morgan fingerprint density at radius 3 is 3.14 bits per heavy atom. The smallest absolute Gasteiger partial charge is 0.261 e. The largest absolute Gasteiger partial charge is 0.383 e. The summed E-state index contributed by atoms with van der Waals surface area (Å²) in [4.78, 5) is 14.2.